The van der Waals surface area contributed by atoms with Crippen molar-refractivity contribution in [2.45, 2.75) is 177 Å². The molecule has 0 spiro atoms. The van der Waals surface area contributed by atoms with Crippen LogP contribution < -0.4 is 74.8 Å². The van der Waals surface area contributed by atoms with E-state index in [4.69, 9.17) is 19.3 Å². The third kappa shape index (κ3) is 36.7. The Balaban J connectivity index is 0.000000268. The molecule has 5 heterocycles. The van der Waals surface area contributed by atoms with Gasteiger partial charge in [0.15, 0.2) is 31.7 Å². The molecule has 768 valence electrons. The highest BCUT2D eigenvalue weighted by atomic mass is 19.4. The number of rotatable bonds is 40. The summed E-state index contributed by atoms with van der Waals surface area (Å²) in [5.41, 5.74) is 4.13. The van der Waals surface area contributed by atoms with Crippen molar-refractivity contribution in [3.05, 3.63) is 150 Å². The molecule has 0 aliphatic rings. The van der Waals surface area contributed by atoms with Crippen molar-refractivity contribution >= 4 is 93.9 Å². The molecule has 10 aromatic rings. The Labute approximate surface area is 787 Å². The summed E-state index contributed by atoms with van der Waals surface area (Å²) in [6.07, 6.45) is -42.3. The Hall–Kier alpha value is -14.0. The molecule has 0 radical (unpaired) electrons. The van der Waals surface area contributed by atoms with Crippen LogP contribution in [0.2, 0.25) is 0 Å². The summed E-state index contributed by atoms with van der Waals surface area (Å²) in [5, 5.41) is 23.0. The first-order valence-corrected chi connectivity index (χ1v) is 42.5. The number of aromatic nitrogens is 15. The fourth-order valence-corrected chi connectivity index (χ4v) is 10.9. The SMILES string of the molecule is CCN(CC)c1nc(Nc2ccc(C)cc2)nc(OC(C(F)(F)F)C(F)(F)F)n1.CCN(CC)c1nc(Nc2ccc(C)cc2)nc(OC(C(F)(F)F)C(F)(F)F)n1.CCN(CC)c1nc(Nc2ccc(F)cc2)nc(OC(C)C(F)(F)F)n1.CCN(CC)c1nc(Nc2cccc(C(=O)O)c2)nc(OCC(F)(F)C(C)F)n1.CCN(CC)c1nc(Nc2cccc(F)c2)nc(OCC(F)(F)C(C)F)n1. The smallest absolute Gasteiger partial charge is 0.434 e. The van der Waals surface area contributed by atoms with E-state index >= 15 is 0 Å². The molecule has 0 bridgehead atoms. The number of carboxylic acid groups (broad SMARTS) is 1. The zero-order valence-corrected chi connectivity index (χ0v) is 77.5. The van der Waals surface area contributed by atoms with Gasteiger partial charge in [0.2, 0.25) is 59.5 Å². The van der Waals surface area contributed by atoms with Crippen LogP contribution in [0.5, 0.6) is 30.1 Å². The van der Waals surface area contributed by atoms with Gasteiger partial charge in [-0.1, -0.05) is 47.5 Å². The Morgan fingerprint density at radius 2 is 0.579 bits per heavy atom. The number of nitrogens with zero attached hydrogens (tertiary/aromatic N) is 20. The average molecular weight is 2020 g/mol. The molecule has 0 aliphatic carbocycles. The van der Waals surface area contributed by atoms with E-state index in [0.29, 0.717) is 93.9 Å². The van der Waals surface area contributed by atoms with Crippen molar-refractivity contribution < 1.29 is 135 Å². The molecule has 5 aromatic heterocycles. The van der Waals surface area contributed by atoms with Crippen LogP contribution >= 0.6 is 0 Å². The van der Waals surface area contributed by atoms with Crippen molar-refractivity contribution in [3.8, 4) is 30.1 Å². The van der Waals surface area contributed by atoms with Gasteiger partial charge in [0.05, 0.1) is 5.56 Å². The summed E-state index contributed by atoms with van der Waals surface area (Å²) in [7, 11) is 0. The molecule has 55 heteroatoms. The predicted octanol–water partition coefficient (Wildman–Crippen LogP) is 20.7. The molecule has 140 heavy (non-hydrogen) atoms. The number of hydrogen-bond acceptors (Lipinski definition) is 31. The molecule has 32 nitrogen and oxygen atoms in total. The lowest BCUT2D eigenvalue weighted by Crippen LogP contribution is -2.47. The van der Waals surface area contributed by atoms with Gasteiger partial charge >= 0.3 is 78.7 Å². The van der Waals surface area contributed by atoms with Gasteiger partial charge in [0.25, 0.3) is 12.2 Å². The average Bonchev–Trinajstić information content (AvgIpc) is 0.801. The van der Waals surface area contributed by atoms with Gasteiger partial charge in [0.1, 0.15) is 11.6 Å². The van der Waals surface area contributed by atoms with Crippen molar-refractivity contribution in [1.82, 2.24) is 74.8 Å². The second kappa shape index (κ2) is 51.6. The highest BCUT2D eigenvalue weighted by Gasteiger charge is 2.61. The highest BCUT2D eigenvalue weighted by Crippen LogP contribution is 2.40. The first kappa shape index (κ1) is 115. The van der Waals surface area contributed by atoms with Crippen molar-refractivity contribution in [2.24, 2.45) is 0 Å². The maximum atomic E-state index is 13.5. The maximum absolute atomic E-state index is 13.5. The number of aromatic carboxylic acids is 1. The topological polar surface area (TPSA) is 353 Å². The van der Waals surface area contributed by atoms with E-state index in [9.17, 15) is 106 Å². The van der Waals surface area contributed by atoms with Gasteiger partial charge in [-0.15, -0.1) is 0 Å². The Kier molecular flexibility index (Phi) is 42.3. The van der Waals surface area contributed by atoms with E-state index in [1.165, 1.54) is 70.5 Å². The van der Waals surface area contributed by atoms with E-state index in [1.807, 2.05) is 55.4 Å². The molecular weight excluding hydrogens is 1920 g/mol. The third-order valence-corrected chi connectivity index (χ3v) is 18.7. The molecule has 0 fully saturated rings. The fourth-order valence-electron chi connectivity index (χ4n) is 10.9. The van der Waals surface area contributed by atoms with Gasteiger partial charge in [-0.05, 0) is 189 Å². The largest absolute Gasteiger partial charge is 0.478 e. The minimum Gasteiger partial charge on any atom is -0.478 e. The molecule has 0 saturated heterocycles. The highest BCUT2D eigenvalue weighted by molar-refractivity contribution is 5.89. The molecule has 0 aliphatic heterocycles. The summed E-state index contributed by atoms with van der Waals surface area (Å²) in [4.78, 5) is 78.4. The summed E-state index contributed by atoms with van der Waals surface area (Å²) >= 11 is 0. The number of ether oxygens (including phenoxy) is 5. The zero-order chi connectivity index (χ0) is 105. The van der Waals surface area contributed by atoms with Gasteiger partial charge in [-0.2, -0.15) is 158 Å². The molecule has 0 amide bonds. The molecule has 10 rings (SSSR count). The van der Waals surface area contributed by atoms with Crippen LogP contribution in [0.4, 0.5) is 189 Å². The number of alkyl halides is 21. The molecule has 3 atom stereocenters. The van der Waals surface area contributed by atoms with Gasteiger partial charge < -0.3 is 79.9 Å². The van der Waals surface area contributed by atoms with Gasteiger partial charge in [0, 0.05) is 93.9 Å². The number of halogens is 23. The number of carboxylic acids is 1. The van der Waals surface area contributed by atoms with Crippen molar-refractivity contribution in [3.63, 3.8) is 0 Å². The summed E-state index contributed by atoms with van der Waals surface area (Å²) in [6.45, 7) is 26.4. The summed E-state index contributed by atoms with van der Waals surface area (Å²) < 4.78 is 322. The zero-order valence-electron chi connectivity index (χ0n) is 77.5. The van der Waals surface area contributed by atoms with Crippen LogP contribution in [0.25, 0.3) is 0 Å². The number of nitrogens with one attached hydrogen (secondary N) is 5. The van der Waals surface area contributed by atoms with E-state index in [0.717, 1.165) is 31.9 Å². The predicted molar refractivity (Wildman–Crippen MR) is 473 cm³/mol. The van der Waals surface area contributed by atoms with E-state index in [2.05, 4.69) is 111 Å². The monoisotopic (exact) mass is 2020 g/mol. The summed E-state index contributed by atoms with van der Waals surface area (Å²) in [5.74, 6) is -9.60. The number of carbonyl (C=O) groups is 1. The van der Waals surface area contributed by atoms with Crippen LogP contribution in [-0.2, 0) is 0 Å². The molecule has 0 saturated carbocycles. The number of hydrogen-bond donors (Lipinski definition) is 6. The number of anilines is 15. The Morgan fingerprint density at radius 1 is 0.321 bits per heavy atom. The van der Waals surface area contributed by atoms with Crippen LogP contribution in [0.1, 0.15) is 111 Å². The molecule has 6 N–H and O–H groups in total. The van der Waals surface area contributed by atoms with Crippen LogP contribution in [0, 0.1) is 25.5 Å². The molecular formula is C85H100F23N25O7. The lowest BCUT2D eigenvalue weighted by Gasteiger charge is -2.24. The Bertz CT molecular complexity index is 5310. The van der Waals surface area contributed by atoms with E-state index < -0.39 is 128 Å². The lowest BCUT2D eigenvalue weighted by atomic mass is 10.2. The first-order valence-electron chi connectivity index (χ1n) is 42.5. The van der Waals surface area contributed by atoms with Crippen LogP contribution in [0.3, 0.4) is 0 Å². The second-order valence-electron chi connectivity index (χ2n) is 29.1. The van der Waals surface area contributed by atoms with E-state index in [-0.39, 0.29) is 71.1 Å². The van der Waals surface area contributed by atoms with Crippen molar-refractivity contribution in [1.29, 1.82) is 0 Å². The standard InChI is InChI=1S/C18H22F3N5O3.2C17H19F6N5O.C17H21F4N5O.C16H19F4N5O/c1-4-26(5-2)16-23-15(22-13-8-6-7-12(9-13)14(27)28)24-17(25-16)29-10-18(20,21)11(3)19;2*1-4-28(5-2)14-25-13(24-11-8-6-10(3)7-9-11)26-15(27-14)29-12(16(18,19)20)17(21,22)23;1-4-26(5-2)15-23-14(22-13-8-6-7-12(19)9-13)24-16(25-15)27-10-17(20,21)11(3)18;1-4-25(5-2)14-22-13(21-12-8-6-11(17)7-9-12)23-15(24-14)26-10(3)16(18,19)20/h6-9,11H,4-5,10H2,1-3H3,(H,27,28)(H,22,23,24,25);2*6-9,12H,4-5H2,1-3H3,(H,24,25,26,27);6-9,11H,4-5,10H2,1-3H3,(H,22,23,24,25);6-10H,4-5H2,1-3H3,(H,21,22,23,24). The van der Waals surface area contributed by atoms with E-state index in [1.54, 1.807) is 103 Å². The van der Waals surface area contributed by atoms with Crippen molar-refractivity contribution in [2.75, 3.05) is 130 Å². The van der Waals surface area contributed by atoms with Gasteiger partial charge in [-0.25, -0.2) is 22.4 Å². The molecule has 5 aromatic carbocycles. The minimum absolute atomic E-state index is 0.00196. The fraction of sp³-hybridized carbons (Fsp3) is 0.459. The normalized spacial score (nSPS) is 12.4. The maximum Gasteiger partial charge on any atom is 0.434 e. The third-order valence-electron chi connectivity index (χ3n) is 18.7. The second-order valence-corrected chi connectivity index (χ2v) is 29.1. The van der Waals surface area contributed by atoms with Gasteiger partial charge in [-0.3, -0.25) is 0 Å². The minimum atomic E-state index is -5.69. The van der Waals surface area contributed by atoms with Crippen LogP contribution in [-0.4, -0.2) is 238 Å². The van der Waals surface area contributed by atoms with Crippen LogP contribution in [0.15, 0.2) is 121 Å². The Morgan fingerprint density at radius 3 is 0.843 bits per heavy atom. The lowest BCUT2D eigenvalue weighted by molar-refractivity contribution is -0.302. The molecule has 3 unspecified atom stereocenters. The first-order chi connectivity index (χ1) is 65.5. The summed E-state index contributed by atoms with van der Waals surface area (Å²) in [6, 6.07) is 27.1. The number of benzene rings is 5. The quantitative estimate of drug-likeness (QED) is 0.0194. The number of aryl methyl sites for hydroxylation is 2.